The van der Waals surface area contributed by atoms with Gasteiger partial charge in [0.25, 0.3) is 5.92 Å². The second kappa shape index (κ2) is 9.56. The number of rotatable bonds is 10. The van der Waals surface area contributed by atoms with Crippen molar-refractivity contribution in [3.8, 4) is 0 Å². The number of hydrogen-bond donors (Lipinski definition) is 2. The Kier molecular flexibility index (Phi) is 7.74. The molecule has 1 aliphatic rings. The first-order chi connectivity index (χ1) is 12.0. The second-order valence-corrected chi connectivity index (χ2v) is 6.44. The van der Waals surface area contributed by atoms with Gasteiger partial charge in [0.2, 0.25) is 0 Å². The van der Waals surface area contributed by atoms with Crippen molar-refractivity contribution >= 4 is 0 Å². The highest BCUT2D eigenvalue weighted by molar-refractivity contribution is 5.25. The molecule has 144 valence electrons. The Morgan fingerprint density at radius 1 is 1.40 bits per heavy atom. The maximum absolute atomic E-state index is 13.7. The van der Waals surface area contributed by atoms with Crippen molar-refractivity contribution in [3.63, 3.8) is 0 Å². The molecule has 0 spiro atoms. The molecular formula is C17H29F2N3O3. The Labute approximate surface area is 147 Å². The molecule has 6 nitrogen and oxygen atoms in total. The Morgan fingerprint density at radius 3 is 2.72 bits per heavy atom. The number of H-pyrrole nitrogens is 1. The zero-order valence-electron chi connectivity index (χ0n) is 15.1. The molecule has 0 bridgehead atoms. The van der Waals surface area contributed by atoms with Crippen LogP contribution >= 0.6 is 0 Å². The number of alkyl halides is 2. The lowest BCUT2D eigenvalue weighted by molar-refractivity contribution is -0.114. The minimum atomic E-state index is -3.04. The highest BCUT2D eigenvalue weighted by Crippen LogP contribution is 2.28. The zero-order chi connectivity index (χ0) is 18.3. The van der Waals surface area contributed by atoms with E-state index in [0.29, 0.717) is 25.3 Å². The van der Waals surface area contributed by atoms with Crippen molar-refractivity contribution in [2.45, 2.75) is 45.1 Å². The lowest BCUT2D eigenvalue weighted by Crippen LogP contribution is -2.37. The summed E-state index contributed by atoms with van der Waals surface area (Å²) < 4.78 is 38.4. The van der Waals surface area contributed by atoms with Crippen molar-refractivity contribution in [2.24, 2.45) is 0 Å². The van der Waals surface area contributed by atoms with Gasteiger partial charge in [-0.15, -0.1) is 0 Å². The molecule has 25 heavy (non-hydrogen) atoms. The minimum absolute atomic E-state index is 0.496. The van der Waals surface area contributed by atoms with E-state index in [9.17, 15) is 8.78 Å². The Hall–Kier alpha value is -1.09. The van der Waals surface area contributed by atoms with Crippen LogP contribution < -0.4 is 0 Å². The van der Waals surface area contributed by atoms with Gasteiger partial charge in [0.15, 0.2) is 0 Å². The molecule has 0 aromatic carbocycles. The van der Waals surface area contributed by atoms with Crippen molar-refractivity contribution in [3.05, 3.63) is 17.0 Å². The number of aliphatic hydroxyl groups excluding tert-OH is 1. The molecule has 2 N–H and O–H groups in total. The summed E-state index contributed by atoms with van der Waals surface area (Å²) in [5.74, 6) is -3.04. The largest absolute Gasteiger partial charge is 0.396 e. The van der Waals surface area contributed by atoms with E-state index in [1.807, 2.05) is 13.8 Å². The summed E-state index contributed by atoms with van der Waals surface area (Å²) >= 11 is 0. The van der Waals surface area contributed by atoms with Crippen molar-refractivity contribution in [1.82, 2.24) is 15.1 Å². The van der Waals surface area contributed by atoms with Crippen LogP contribution in [0.3, 0.4) is 0 Å². The number of aromatic amines is 1. The molecule has 1 aromatic heterocycles. The standard InChI is InChI=1S/C17H29F2N3O3/c1-3-14-13(2)16(21-20-14)15(25-12-17(18,19)5-9-23)4-6-22-7-10-24-11-8-22/h15,23H,3-12H2,1-2H3,(H,20,21). The number of hydrogen-bond acceptors (Lipinski definition) is 5. The smallest absolute Gasteiger partial charge is 0.273 e. The highest BCUT2D eigenvalue weighted by atomic mass is 19.3. The van der Waals surface area contributed by atoms with Gasteiger partial charge in [0, 0.05) is 38.4 Å². The average molecular weight is 361 g/mol. The van der Waals surface area contributed by atoms with Gasteiger partial charge in [0.05, 0.1) is 18.9 Å². The van der Waals surface area contributed by atoms with E-state index in [1.54, 1.807) is 0 Å². The summed E-state index contributed by atoms with van der Waals surface area (Å²) in [6.45, 7) is 6.50. The Balaban J connectivity index is 2.03. The number of morpholine rings is 1. The van der Waals surface area contributed by atoms with Gasteiger partial charge in [-0.2, -0.15) is 5.10 Å². The van der Waals surface area contributed by atoms with Gasteiger partial charge in [-0.1, -0.05) is 6.92 Å². The van der Waals surface area contributed by atoms with E-state index in [1.165, 1.54) is 0 Å². The number of aromatic nitrogens is 2. The summed E-state index contributed by atoms with van der Waals surface area (Å²) in [5, 5.41) is 16.0. The van der Waals surface area contributed by atoms with Crippen molar-refractivity contribution in [2.75, 3.05) is 46.1 Å². The van der Waals surface area contributed by atoms with Crippen LogP contribution in [0.4, 0.5) is 8.78 Å². The quantitative estimate of drug-likeness (QED) is 0.668. The predicted molar refractivity (Wildman–Crippen MR) is 89.9 cm³/mol. The normalized spacial score (nSPS) is 17.8. The van der Waals surface area contributed by atoms with Crippen LogP contribution in [-0.2, 0) is 15.9 Å². The van der Waals surface area contributed by atoms with Crippen molar-refractivity contribution < 1.29 is 23.4 Å². The van der Waals surface area contributed by atoms with E-state index in [-0.39, 0.29) is 0 Å². The van der Waals surface area contributed by atoms with E-state index in [2.05, 4.69) is 15.1 Å². The molecular weight excluding hydrogens is 332 g/mol. The second-order valence-electron chi connectivity index (χ2n) is 6.44. The van der Waals surface area contributed by atoms with E-state index < -0.39 is 31.7 Å². The fraction of sp³-hybridized carbons (Fsp3) is 0.824. The topological polar surface area (TPSA) is 70.6 Å². The van der Waals surface area contributed by atoms with Crippen molar-refractivity contribution in [1.29, 1.82) is 0 Å². The third-order valence-corrected chi connectivity index (χ3v) is 4.59. The third kappa shape index (κ3) is 5.99. The van der Waals surface area contributed by atoms with E-state index >= 15 is 0 Å². The maximum atomic E-state index is 13.7. The van der Waals surface area contributed by atoms with Crippen LogP contribution in [0.15, 0.2) is 0 Å². The average Bonchev–Trinajstić information content (AvgIpc) is 2.96. The molecule has 0 saturated carbocycles. The van der Waals surface area contributed by atoms with Gasteiger partial charge in [0.1, 0.15) is 12.7 Å². The molecule has 0 aliphatic carbocycles. The van der Waals surface area contributed by atoms with Crippen LogP contribution in [0.5, 0.6) is 0 Å². The summed E-state index contributed by atoms with van der Waals surface area (Å²) in [6.07, 6.45) is 0.298. The molecule has 1 atom stereocenters. The SMILES string of the molecule is CCc1[nH]nc(C(CCN2CCOCC2)OCC(F)(F)CCO)c1C. The molecule has 1 unspecified atom stereocenters. The number of ether oxygens (including phenoxy) is 2. The monoisotopic (exact) mass is 361 g/mol. The first-order valence-corrected chi connectivity index (χ1v) is 8.91. The zero-order valence-corrected chi connectivity index (χ0v) is 15.1. The first kappa shape index (κ1) is 20.2. The molecule has 2 rings (SSSR count). The van der Waals surface area contributed by atoms with E-state index in [4.69, 9.17) is 14.6 Å². The van der Waals surface area contributed by atoms with Crippen LogP contribution in [0.25, 0.3) is 0 Å². The van der Waals surface area contributed by atoms with Gasteiger partial charge in [-0.25, -0.2) is 8.78 Å². The molecule has 1 aliphatic heterocycles. The van der Waals surface area contributed by atoms with Gasteiger partial charge >= 0.3 is 0 Å². The highest BCUT2D eigenvalue weighted by Gasteiger charge is 2.31. The van der Waals surface area contributed by atoms with Crippen LogP contribution in [-0.4, -0.2) is 72.2 Å². The molecule has 2 heterocycles. The number of nitrogens with zero attached hydrogens (tertiary/aromatic N) is 2. The molecule has 0 radical (unpaired) electrons. The number of aryl methyl sites for hydroxylation is 1. The lowest BCUT2D eigenvalue weighted by Gasteiger charge is -2.28. The molecule has 1 fully saturated rings. The summed E-state index contributed by atoms with van der Waals surface area (Å²) in [4.78, 5) is 2.24. The molecule has 1 saturated heterocycles. The fourth-order valence-corrected chi connectivity index (χ4v) is 2.99. The van der Waals surface area contributed by atoms with Crippen LogP contribution in [0, 0.1) is 6.92 Å². The van der Waals surface area contributed by atoms with E-state index in [0.717, 1.165) is 37.3 Å². The summed E-state index contributed by atoms with van der Waals surface area (Å²) in [5.41, 5.74) is 2.67. The molecule has 0 amide bonds. The molecule has 1 aromatic rings. The molecule has 8 heteroatoms. The predicted octanol–water partition coefficient (Wildman–Crippen LogP) is 2.08. The van der Waals surface area contributed by atoms with Gasteiger partial charge < -0.3 is 14.6 Å². The number of nitrogens with one attached hydrogen (secondary N) is 1. The number of aliphatic hydroxyl groups is 1. The summed E-state index contributed by atoms with van der Waals surface area (Å²) in [6, 6.07) is 0. The van der Waals surface area contributed by atoms with Gasteiger partial charge in [-0.3, -0.25) is 10.00 Å². The number of halogens is 2. The minimum Gasteiger partial charge on any atom is -0.396 e. The van der Waals surface area contributed by atoms with Crippen LogP contribution in [0.2, 0.25) is 0 Å². The lowest BCUT2D eigenvalue weighted by atomic mass is 10.1. The maximum Gasteiger partial charge on any atom is 0.273 e. The van der Waals surface area contributed by atoms with Crippen LogP contribution in [0.1, 0.15) is 42.8 Å². The Morgan fingerprint density at radius 2 is 2.12 bits per heavy atom. The fourth-order valence-electron chi connectivity index (χ4n) is 2.99. The van der Waals surface area contributed by atoms with Gasteiger partial charge in [-0.05, 0) is 25.3 Å². The summed E-state index contributed by atoms with van der Waals surface area (Å²) in [7, 11) is 0. The Bertz CT molecular complexity index is 519. The first-order valence-electron chi connectivity index (χ1n) is 8.91. The third-order valence-electron chi connectivity index (χ3n) is 4.59.